The van der Waals surface area contributed by atoms with E-state index >= 15 is 0 Å². The molecule has 0 aromatic heterocycles. The highest BCUT2D eigenvalue weighted by atomic mass is 16.5. The molecule has 0 unspecified atom stereocenters. The number of carbonyl (C=O) groups excluding carboxylic acids is 2. The summed E-state index contributed by atoms with van der Waals surface area (Å²) in [6.07, 6.45) is 2.91. The third-order valence-electron chi connectivity index (χ3n) is 4.75. The average molecular weight is 361 g/mol. The Morgan fingerprint density at radius 3 is 2.65 bits per heavy atom. The van der Waals surface area contributed by atoms with E-state index in [1.165, 1.54) is 0 Å². The van der Waals surface area contributed by atoms with Crippen molar-refractivity contribution in [3.05, 3.63) is 29.3 Å². The number of amides is 3. The molecule has 1 aromatic carbocycles. The number of likely N-dealkylation sites (tertiary alicyclic amines) is 1. The smallest absolute Gasteiger partial charge is 0.319 e. The SMILES string of the molecule is CCOCCCNC(=O)Nc1ccc(C(=O)N2CCC(C)CC2)cc1C. The predicted octanol–water partition coefficient (Wildman–Crippen LogP) is 3.42. The fraction of sp³-hybridized carbons (Fsp3) is 0.600. The third-order valence-corrected chi connectivity index (χ3v) is 4.75. The van der Waals surface area contributed by atoms with Crippen molar-refractivity contribution in [3.63, 3.8) is 0 Å². The highest BCUT2D eigenvalue weighted by Crippen LogP contribution is 2.21. The summed E-state index contributed by atoms with van der Waals surface area (Å²) in [4.78, 5) is 26.5. The second-order valence-corrected chi connectivity index (χ2v) is 6.94. The zero-order valence-electron chi connectivity index (χ0n) is 16.1. The van der Waals surface area contributed by atoms with E-state index < -0.39 is 0 Å². The van der Waals surface area contributed by atoms with Gasteiger partial charge in [-0.25, -0.2) is 4.79 Å². The summed E-state index contributed by atoms with van der Waals surface area (Å²) in [6.45, 7) is 9.62. The summed E-state index contributed by atoms with van der Waals surface area (Å²) in [5, 5.41) is 5.64. The molecular weight excluding hydrogens is 330 g/mol. The molecule has 1 aliphatic heterocycles. The lowest BCUT2D eigenvalue weighted by Crippen LogP contribution is -2.38. The third kappa shape index (κ3) is 6.02. The molecule has 0 spiro atoms. The molecule has 1 aromatic rings. The van der Waals surface area contributed by atoms with Crippen LogP contribution in [0, 0.1) is 12.8 Å². The molecule has 1 saturated heterocycles. The Kier molecular flexibility index (Phi) is 7.91. The number of urea groups is 1. The standard InChI is InChI=1S/C20H31N3O3/c1-4-26-13-5-10-21-20(25)22-18-7-6-17(14-16(18)3)19(24)23-11-8-15(2)9-12-23/h6-7,14-15H,4-5,8-13H2,1-3H3,(H2,21,22,25). The van der Waals surface area contributed by atoms with Gasteiger partial charge in [-0.1, -0.05) is 6.92 Å². The van der Waals surface area contributed by atoms with Crippen LogP contribution in [-0.4, -0.2) is 49.7 Å². The zero-order chi connectivity index (χ0) is 18.9. The number of hydrogen-bond donors (Lipinski definition) is 2. The quantitative estimate of drug-likeness (QED) is 0.731. The molecule has 0 bridgehead atoms. The second-order valence-electron chi connectivity index (χ2n) is 6.94. The summed E-state index contributed by atoms with van der Waals surface area (Å²) in [6, 6.07) is 5.20. The van der Waals surface area contributed by atoms with Crippen molar-refractivity contribution >= 4 is 17.6 Å². The summed E-state index contributed by atoms with van der Waals surface area (Å²) in [5.41, 5.74) is 2.28. The Balaban J connectivity index is 1.86. The fourth-order valence-corrected chi connectivity index (χ4v) is 3.02. The van der Waals surface area contributed by atoms with Gasteiger partial charge in [0.15, 0.2) is 0 Å². The van der Waals surface area contributed by atoms with Crippen LogP contribution in [0.4, 0.5) is 10.5 Å². The van der Waals surface area contributed by atoms with Crippen molar-refractivity contribution in [2.45, 2.75) is 40.0 Å². The van der Waals surface area contributed by atoms with Gasteiger partial charge in [-0.3, -0.25) is 4.79 Å². The minimum atomic E-state index is -0.242. The largest absolute Gasteiger partial charge is 0.382 e. The first kappa shape index (κ1) is 20.2. The molecule has 6 heteroatoms. The Morgan fingerprint density at radius 1 is 1.27 bits per heavy atom. The molecule has 0 saturated carbocycles. The molecule has 1 heterocycles. The second kappa shape index (κ2) is 10.2. The van der Waals surface area contributed by atoms with Crippen LogP contribution < -0.4 is 10.6 Å². The number of piperidine rings is 1. The molecule has 0 atom stereocenters. The van der Waals surface area contributed by atoms with Gasteiger partial charge in [0, 0.05) is 44.1 Å². The monoisotopic (exact) mass is 361 g/mol. The highest BCUT2D eigenvalue weighted by molar-refractivity contribution is 5.96. The minimum absolute atomic E-state index is 0.0759. The van der Waals surface area contributed by atoms with E-state index in [2.05, 4.69) is 17.6 Å². The van der Waals surface area contributed by atoms with Crippen LogP contribution in [-0.2, 0) is 4.74 Å². The Morgan fingerprint density at radius 2 is 2.00 bits per heavy atom. The van der Waals surface area contributed by atoms with E-state index in [9.17, 15) is 9.59 Å². The fourth-order valence-electron chi connectivity index (χ4n) is 3.02. The van der Waals surface area contributed by atoms with Crippen molar-refractivity contribution in [2.75, 3.05) is 38.2 Å². The Hall–Kier alpha value is -2.08. The number of rotatable bonds is 7. The maximum Gasteiger partial charge on any atom is 0.319 e. The average Bonchev–Trinajstić information content (AvgIpc) is 2.63. The van der Waals surface area contributed by atoms with Gasteiger partial charge in [-0.05, 0) is 62.8 Å². The van der Waals surface area contributed by atoms with Crippen molar-refractivity contribution < 1.29 is 14.3 Å². The van der Waals surface area contributed by atoms with Crippen LogP contribution in [0.5, 0.6) is 0 Å². The van der Waals surface area contributed by atoms with E-state index in [4.69, 9.17) is 4.74 Å². The van der Waals surface area contributed by atoms with Crippen molar-refractivity contribution in [1.82, 2.24) is 10.2 Å². The van der Waals surface area contributed by atoms with Gasteiger partial charge in [0.1, 0.15) is 0 Å². The molecule has 2 rings (SSSR count). The first-order valence-corrected chi connectivity index (χ1v) is 9.53. The van der Waals surface area contributed by atoms with Gasteiger partial charge >= 0.3 is 6.03 Å². The van der Waals surface area contributed by atoms with Crippen LogP contribution >= 0.6 is 0 Å². The molecule has 1 fully saturated rings. The summed E-state index contributed by atoms with van der Waals surface area (Å²) in [7, 11) is 0. The van der Waals surface area contributed by atoms with Gasteiger partial charge in [0.25, 0.3) is 5.91 Å². The van der Waals surface area contributed by atoms with E-state index in [1.807, 2.05) is 24.8 Å². The molecule has 0 radical (unpaired) electrons. The molecule has 144 valence electrons. The van der Waals surface area contributed by atoms with E-state index in [-0.39, 0.29) is 11.9 Å². The Labute approximate surface area is 156 Å². The summed E-state index contributed by atoms with van der Waals surface area (Å²) >= 11 is 0. The number of nitrogens with one attached hydrogen (secondary N) is 2. The number of ether oxygens (including phenoxy) is 1. The summed E-state index contributed by atoms with van der Waals surface area (Å²) in [5.74, 6) is 0.770. The lowest BCUT2D eigenvalue weighted by atomic mass is 9.98. The molecule has 3 amide bonds. The molecule has 0 aliphatic carbocycles. The molecule has 6 nitrogen and oxygen atoms in total. The van der Waals surface area contributed by atoms with Crippen LogP contribution in [0.3, 0.4) is 0 Å². The van der Waals surface area contributed by atoms with Gasteiger partial charge < -0.3 is 20.3 Å². The lowest BCUT2D eigenvalue weighted by Gasteiger charge is -2.30. The maximum atomic E-state index is 12.6. The number of aryl methyl sites for hydroxylation is 1. The van der Waals surface area contributed by atoms with Crippen molar-refractivity contribution in [1.29, 1.82) is 0 Å². The normalized spacial score (nSPS) is 15.0. The predicted molar refractivity (Wildman–Crippen MR) is 104 cm³/mol. The number of nitrogens with zero attached hydrogens (tertiary/aromatic N) is 1. The minimum Gasteiger partial charge on any atom is -0.382 e. The van der Waals surface area contributed by atoms with Gasteiger partial charge in [0.2, 0.25) is 0 Å². The first-order chi connectivity index (χ1) is 12.5. The molecule has 1 aliphatic rings. The molecule has 26 heavy (non-hydrogen) atoms. The van der Waals surface area contributed by atoms with Crippen molar-refractivity contribution in [2.24, 2.45) is 5.92 Å². The first-order valence-electron chi connectivity index (χ1n) is 9.53. The number of benzene rings is 1. The number of anilines is 1. The lowest BCUT2D eigenvalue weighted by molar-refractivity contribution is 0.0697. The molecular formula is C20H31N3O3. The van der Waals surface area contributed by atoms with Crippen LogP contribution in [0.1, 0.15) is 49.0 Å². The van der Waals surface area contributed by atoms with Crippen molar-refractivity contribution in [3.8, 4) is 0 Å². The van der Waals surface area contributed by atoms with Gasteiger partial charge in [-0.15, -0.1) is 0 Å². The van der Waals surface area contributed by atoms with Crippen LogP contribution in [0.2, 0.25) is 0 Å². The van der Waals surface area contributed by atoms with E-state index in [1.54, 1.807) is 12.1 Å². The summed E-state index contributed by atoms with van der Waals surface area (Å²) < 4.78 is 5.24. The topological polar surface area (TPSA) is 70.7 Å². The van der Waals surface area contributed by atoms with Crippen LogP contribution in [0.15, 0.2) is 18.2 Å². The van der Waals surface area contributed by atoms with Gasteiger partial charge in [-0.2, -0.15) is 0 Å². The maximum absolute atomic E-state index is 12.6. The molecule has 2 N–H and O–H groups in total. The van der Waals surface area contributed by atoms with E-state index in [0.29, 0.717) is 31.2 Å². The van der Waals surface area contributed by atoms with Crippen LogP contribution in [0.25, 0.3) is 0 Å². The highest BCUT2D eigenvalue weighted by Gasteiger charge is 2.21. The van der Waals surface area contributed by atoms with E-state index in [0.717, 1.165) is 43.6 Å². The number of carbonyl (C=O) groups is 2. The number of hydrogen-bond acceptors (Lipinski definition) is 3. The Bertz CT molecular complexity index is 610. The van der Waals surface area contributed by atoms with Gasteiger partial charge in [0.05, 0.1) is 0 Å². The zero-order valence-corrected chi connectivity index (χ0v) is 16.1.